The fraction of sp³-hybridized carbons (Fsp3) is 1.00. The summed E-state index contributed by atoms with van der Waals surface area (Å²) in [5, 5.41) is 13.4. The molecular weight excluding hydrogens is 230 g/mol. The molecule has 2 nitrogen and oxygen atoms in total. The van der Waals surface area contributed by atoms with E-state index >= 15 is 0 Å². The summed E-state index contributed by atoms with van der Waals surface area (Å²) in [6.45, 7) is 5.77. The first-order valence-electron chi connectivity index (χ1n) is 7.22. The molecule has 0 aromatic rings. The number of thioether (sulfide) groups is 1. The zero-order chi connectivity index (χ0) is 12.6. The van der Waals surface area contributed by atoms with Gasteiger partial charge in [0, 0.05) is 5.75 Å². The van der Waals surface area contributed by atoms with Crippen molar-refractivity contribution in [1.29, 1.82) is 0 Å². The minimum absolute atomic E-state index is 0.0207. The van der Waals surface area contributed by atoms with Crippen LogP contribution in [0.15, 0.2) is 0 Å². The van der Waals surface area contributed by atoms with Crippen LogP contribution in [-0.4, -0.2) is 35.3 Å². The first-order chi connectivity index (χ1) is 8.29. The number of aliphatic hydroxyl groups excluding tert-OH is 1. The van der Waals surface area contributed by atoms with Gasteiger partial charge in [-0.3, -0.25) is 0 Å². The molecule has 0 aromatic heterocycles. The average Bonchev–Trinajstić information content (AvgIpc) is 3.18. The number of aliphatic hydroxyl groups is 1. The summed E-state index contributed by atoms with van der Waals surface area (Å²) in [5.74, 6) is 3.05. The Labute approximate surface area is 111 Å². The van der Waals surface area contributed by atoms with Gasteiger partial charge >= 0.3 is 0 Å². The van der Waals surface area contributed by atoms with Crippen LogP contribution >= 0.6 is 11.8 Å². The standard InChI is InChI=1S/C14H29NOS/c1-3-5-6-10-17-12-14(11-16,13-7-8-13)15-9-4-2/h13,15-16H,3-12H2,1-2H3. The van der Waals surface area contributed by atoms with E-state index in [1.54, 1.807) is 0 Å². The molecule has 0 amide bonds. The average molecular weight is 259 g/mol. The Hall–Kier alpha value is 0.270. The molecule has 102 valence electrons. The van der Waals surface area contributed by atoms with Crippen molar-refractivity contribution >= 4 is 11.8 Å². The molecule has 0 aliphatic heterocycles. The highest BCUT2D eigenvalue weighted by Gasteiger charge is 2.44. The van der Waals surface area contributed by atoms with Crippen LogP contribution in [0.4, 0.5) is 0 Å². The highest BCUT2D eigenvalue weighted by molar-refractivity contribution is 7.99. The summed E-state index contributed by atoms with van der Waals surface area (Å²) in [6, 6.07) is 0. The van der Waals surface area contributed by atoms with Crippen molar-refractivity contribution in [3.63, 3.8) is 0 Å². The highest BCUT2D eigenvalue weighted by Crippen LogP contribution is 2.41. The van der Waals surface area contributed by atoms with Gasteiger partial charge in [-0.05, 0) is 43.9 Å². The molecule has 1 unspecified atom stereocenters. The van der Waals surface area contributed by atoms with Crippen LogP contribution in [0.1, 0.15) is 52.4 Å². The van der Waals surface area contributed by atoms with Gasteiger partial charge in [-0.2, -0.15) is 11.8 Å². The van der Waals surface area contributed by atoms with Crippen LogP contribution < -0.4 is 5.32 Å². The van der Waals surface area contributed by atoms with Gasteiger partial charge in [0.15, 0.2) is 0 Å². The summed E-state index contributed by atoms with van der Waals surface area (Å²) in [5.41, 5.74) is 0.0207. The maximum Gasteiger partial charge on any atom is 0.0624 e. The van der Waals surface area contributed by atoms with Gasteiger partial charge in [0.2, 0.25) is 0 Å². The van der Waals surface area contributed by atoms with E-state index in [-0.39, 0.29) is 5.54 Å². The Morgan fingerprint density at radius 1 is 1.24 bits per heavy atom. The highest BCUT2D eigenvalue weighted by atomic mass is 32.2. The molecule has 0 aromatic carbocycles. The topological polar surface area (TPSA) is 32.3 Å². The summed E-state index contributed by atoms with van der Waals surface area (Å²) < 4.78 is 0. The Morgan fingerprint density at radius 3 is 2.53 bits per heavy atom. The lowest BCUT2D eigenvalue weighted by Crippen LogP contribution is -2.53. The Balaban J connectivity index is 2.29. The Kier molecular flexibility index (Phi) is 7.56. The molecule has 0 saturated heterocycles. The zero-order valence-electron chi connectivity index (χ0n) is 11.5. The van der Waals surface area contributed by atoms with Gasteiger partial charge in [-0.1, -0.05) is 26.7 Å². The number of unbranched alkanes of at least 4 members (excludes halogenated alkanes) is 2. The van der Waals surface area contributed by atoms with E-state index < -0.39 is 0 Å². The van der Waals surface area contributed by atoms with Crippen LogP contribution in [0.25, 0.3) is 0 Å². The van der Waals surface area contributed by atoms with E-state index in [1.165, 1.54) is 37.9 Å². The third kappa shape index (κ3) is 5.19. The third-order valence-corrected chi connectivity index (χ3v) is 4.92. The monoisotopic (exact) mass is 259 g/mol. The lowest BCUT2D eigenvalue weighted by atomic mass is 9.96. The normalized spacial score (nSPS) is 19.2. The summed E-state index contributed by atoms with van der Waals surface area (Å²) >= 11 is 2.02. The fourth-order valence-corrected chi connectivity index (χ4v) is 3.61. The van der Waals surface area contributed by atoms with Gasteiger partial charge in [-0.15, -0.1) is 0 Å². The van der Waals surface area contributed by atoms with Gasteiger partial charge in [0.25, 0.3) is 0 Å². The van der Waals surface area contributed by atoms with Crippen LogP contribution in [0.2, 0.25) is 0 Å². The van der Waals surface area contributed by atoms with E-state index in [0.29, 0.717) is 6.61 Å². The van der Waals surface area contributed by atoms with Crippen molar-refractivity contribution in [3.8, 4) is 0 Å². The number of rotatable bonds is 11. The van der Waals surface area contributed by atoms with Crippen molar-refractivity contribution in [3.05, 3.63) is 0 Å². The molecular formula is C14H29NOS. The summed E-state index contributed by atoms with van der Waals surface area (Å²) in [4.78, 5) is 0. The minimum atomic E-state index is 0.0207. The molecule has 3 heteroatoms. The number of hydrogen-bond donors (Lipinski definition) is 2. The van der Waals surface area contributed by atoms with Crippen molar-refractivity contribution in [2.24, 2.45) is 5.92 Å². The van der Waals surface area contributed by atoms with Crippen LogP contribution in [0.3, 0.4) is 0 Å². The van der Waals surface area contributed by atoms with Crippen LogP contribution in [-0.2, 0) is 0 Å². The van der Waals surface area contributed by atoms with Crippen LogP contribution in [0, 0.1) is 5.92 Å². The smallest absolute Gasteiger partial charge is 0.0624 e. The molecule has 1 saturated carbocycles. The van der Waals surface area contributed by atoms with E-state index in [0.717, 1.165) is 24.6 Å². The van der Waals surface area contributed by atoms with Crippen molar-refractivity contribution < 1.29 is 5.11 Å². The van der Waals surface area contributed by atoms with E-state index in [2.05, 4.69) is 19.2 Å². The molecule has 0 bridgehead atoms. The van der Waals surface area contributed by atoms with Gasteiger partial charge in [0.05, 0.1) is 12.1 Å². The predicted molar refractivity (Wildman–Crippen MR) is 77.7 cm³/mol. The predicted octanol–water partition coefficient (Wildman–Crippen LogP) is 3.05. The molecule has 1 atom stereocenters. The van der Waals surface area contributed by atoms with E-state index in [1.807, 2.05) is 11.8 Å². The van der Waals surface area contributed by atoms with E-state index in [9.17, 15) is 5.11 Å². The quantitative estimate of drug-likeness (QED) is 0.559. The molecule has 1 rings (SSSR count). The largest absolute Gasteiger partial charge is 0.394 e. The minimum Gasteiger partial charge on any atom is -0.394 e. The second-order valence-corrected chi connectivity index (χ2v) is 6.38. The molecule has 2 N–H and O–H groups in total. The second-order valence-electron chi connectivity index (χ2n) is 5.27. The second kappa shape index (κ2) is 8.39. The fourth-order valence-electron chi connectivity index (χ4n) is 2.26. The third-order valence-electron chi connectivity index (χ3n) is 3.62. The molecule has 0 radical (unpaired) electrons. The zero-order valence-corrected chi connectivity index (χ0v) is 12.3. The number of nitrogens with one attached hydrogen (secondary N) is 1. The first-order valence-corrected chi connectivity index (χ1v) is 8.38. The molecule has 1 aliphatic carbocycles. The van der Waals surface area contributed by atoms with Crippen molar-refractivity contribution in [2.75, 3.05) is 24.7 Å². The van der Waals surface area contributed by atoms with E-state index in [4.69, 9.17) is 0 Å². The molecule has 1 aliphatic rings. The Bertz CT molecular complexity index is 197. The van der Waals surface area contributed by atoms with Crippen molar-refractivity contribution in [1.82, 2.24) is 5.32 Å². The molecule has 1 fully saturated rings. The lowest BCUT2D eigenvalue weighted by molar-refractivity contribution is 0.159. The van der Waals surface area contributed by atoms with Gasteiger partial charge < -0.3 is 10.4 Å². The maximum absolute atomic E-state index is 9.74. The van der Waals surface area contributed by atoms with Crippen LogP contribution in [0.5, 0.6) is 0 Å². The SMILES string of the molecule is CCCCCSCC(CO)(NCCC)C1CC1. The molecule has 17 heavy (non-hydrogen) atoms. The maximum atomic E-state index is 9.74. The molecule has 0 heterocycles. The Morgan fingerprint density at radius 2 is 2.00 bits per heavy atom. The van der Waals surface area contributed by atoms with Gasteiger partial charge in [-0.25, -0.2) is 0 Å². The number of hydrogen-bond acceptors (Lipinski definition) is 3. The van der Waals surface area contributed by atoms with Crippen molar-refractivity contribution in [2.45, 2.75) is 57.9 Å². The van der Waals surface area contributed by atoms with Gasteiger partial charge in [0.1, 0.15) is 0 Å². The lowest BCUT2D eigenvalue weighted by Gasteiger charge is -2.33. The first kappa shape index (κ1) is 15.3. The summed E-state index contributed by atoms with van der Waals surface area (Å²) in [7, 11) is 0. The molecule has 0 spiro atoms. The summed E-state index contributed by atoms with van der Waals surface area (Å²) in [6.07, 6.45) is 7.70.